The van der Waals surface area contributed by atoms with Gasteiger partial charge in [0, 0.05) is 40.7 Å². The van der Waals surface area contributed by atoms with Gasteiger partial charge >= 0.3 is 0 Å². The minimum Gasteiger partial charge on any atom is -0.377 e. The van der Waals surface area contributed by atoms with Gasteiger partial charge in [0.25, 0.3) is 5.91 Å². The Balaban J connectivity index is 1.94. The molecule has 0 radical (unpaired) electrons. The van der Waals surface area contributed by atoms with Crippen LogP contribution in [-0.4, -0.2) is 53.4 Å². The van der Waals surface area contributed by atoms with Crippen molar-refractivity contribution in [2.45, 2.75) is 17.2 Å². The van der Waals surface area contributed by atoms with E-state index in [4.69, 9.17) is 11.6 Å². The minimum absolute atomic E-state index is 0.0284. The van der Waals surface area contributed by atoms with Crippen molar-refractivity contribution >= 4 is 33.2 Å². The fourth-order valence-electron chi connectivity index (χ4n) is 3.76. The van der Waals surface area contributed by atoms with E-state index in [-0.39, 0.29) is 33.8 Å². The quantitative estimate of drug-likeness (QED) is 0.452. The molecule has 9 heteroatoms. The lowest BCUT2D eigenvalue weighted by Gasteiger charge is -2.22. The summed E-state index contributed by atoms with van der Waals surface area (Å²) in [6.07, 6.45) is 0.387. The zero-order valence-electron chi connectivity index (χ0n) is 20.1. The SMILES string of the molecule is CN(C)c1cc(Cl)c(S(=O)(=O)N(C)C)cc1C(=O)NC[C@H](Cc1ccccc1F)c1ccccc1. The lowest BCUT2D eigenvalue weighted by molar-refractivity contribution is 0.0951. The summed E-state index contributed by atoms with van der Waals surface area (Å²) in [4.78, 5) is 14.9. The van der Waals surface area contributed by atoms with Crippen LogP contribution in [0.2, 0.25) is 5.02 Å². The number of benzene rings is 3. The van der Waals surface area contributed by atoms with Crippen LogP contribution in [0.3, 0.4) is 0 Å². The lowest BCUT2D eigenvalue weighted by Crippen LogP contribution is -2.31. The van der Waals surface area contributed by atoms with Crippen molar-refractivity contribution in [3.8, 4) is 0 Å². The van der Waals surface area contributed by atoms with E-state index in [0.29, 0.717) is 17.7 Å². The molecule has 1 amide bonds. The Bertz CT molecular complexity index is 1300. The summed E-state index contributed by atoms with van der Waals surface area (Å²) in [5.41, 5.74) is 2.17. The molecule has 35 heavy (non-hydrogen) atoms. The molecule has 0 aliphatic carbocycles. The van der Waals surface area contributed by atoms with Crippen molar-refractivity contribution in [3.63, 3.8) is 0 Å². The van der Waals surface area contributed by atoms with E-state index >= 15 is 0 Å². The maximum absolute atomic E-state index is 14.4. The van der Waals surface area contributed by atoms with Crippen LogP contribution in [-0.2, 0) is 16.4 Å². The summed E-state index contributed by atoms with van der Waals surface area (Å²) in [6.45, 7) is 0.225. The van der Waals surface area contributed by atoms with Crippen molar-refractivity contribution in [1.29, 1.82) is 0 Å². The largest absolute Gasteiger partial charge is 0.377 e. The van der Waals surface area contributed by atoms with E-state index in [0.717, 1.165) is 9.87 Å². The third-order valence-electron chi connectivity index (χ3n) is 5.74. The monoisotopic (exact) mass is 517 g/mol. The molecule has 0 saturated heterocycles. The number of nitrogens with zero attached hydrogens (tertiary/aromatic N) is 2. The number of amides is 1. The Morgan fingerprint density at radius 1 is 1.00 bits per heavy atom. The summed E-state index contributed by atoms with van der Waals surface area (Å²) in [5, 5.41) is 2.95. The standard InChI is InChI=1S/C26H29ClFN3O3S/c1-30(2)24-16-22(27)25(35(33,34)31(3)4)15-21(24)26(32)29-17-20(18-10-6-5-7-11-18)14-19-12-8-9-13-23(19)28/h5-13,15-16,20H,14,17H2,1-4H3,(H,29,32)/t20-/m0/s1. The van der Waals surface area contributed by atoms with E-state index in [9.17, 15) is 17.6 Å². The van der Waals surface area contributed by atoms with Gasteiger partial charge in [0.1, 0.15) is 10.7 Å². The van der Waals surface area contributed by atoms with Gasteiger partial charge in [-0.05, 0) is 35.7 Å². The van der Waals surface area contributed by atoms with Gasteiger partial charge in [0.2, 0.25) is 10.0 Å². The first kappa shape index (κ1) is 26.7. The number of halogens is 2. The molecule has 0 heterocycles. The molecule has 0 aromatic heterocycles. The maximum atomic E-state index is 14.4. The van der Waals surface area contributed by atoms with Crippen molar-refractivity contribution < 1.29 is 17.6 Å². The van der Waals surface area contributed by atoms with Crippen molar-refractivity contribution in [1.82, 2.24) is 9.62 Å². The van der Waals surface area contributed by atoms with Crippen LogP contribution >= 0.6 is 11.6 Å². The van der Waals surface area contributed by atoms with Crippen LogP contribution in [0.15, 0.2) is 71.6 Å². The van der Waals surface area contributed by atoms with E-state index in [1.165, 1.54) is 32.3 Å². The molecule has 3 aromatic rings. The number of rotatable bonds is 9. The second kappa shape index (κ2) is 11.2. The number of hydrogen-bond donors (Lipinski definition) is 1. The first-order valence-corrected chi connectivity index (χ1v) is 12.8. The molecule has 0 aliphatic heterocycles. The van der Waals surface area contributed by atoms with Gasteiger partial charge in [0.15, 0.2) is 0 Å². The lowest BCUT2D eigenvalue weighted by atomic mass is 9.91. The number of nitrogens with one attached hydrogen (secondary N) is 1. The normalized spacial score (nSPS) is 12.4. The predicted molar refractivity (Wildman–Crippen MR) is 138 cm³/mol. The van der Waals surface area contributed by atoms with E-state index in [1.54, 1.807) is 37.2 Å². The molecule has 0 saturated carbocycles. The second-order valence-electron chi connectivity index (χ2n) is 8.59. The second-order valence-corrected chi connectivity index (χ2v) is 11.1. The highest BCUT2D eigenvalue weighted by molar-refractivity contribution is 7.89. The molecule has 0 fully saturated rings. The Morgan fingerprint density at radius 3 is 2.23 bits per heavy atom. The average Bonchev–Trinajstić information content (AvgIpc) is 2.82. The first-order chi connectivity index (χ1) is 16.5. The number of carbonyl (C=O) groups is 1. The minimum atomic E-state index is -3.86. The van der Waals surface area contributed by atoms with E-state index < -0.39 is 15.9 Å². The first-order valence-electron chi connectivity index (χ1n) is 11.0. The van der Waals surface area contributed by atoms with E-state index in [2.05, 4.69) is 5.32 Å². The van der Waals surface area contributed by atoms with Gasteiger partial charge < -0.3 is 10.2 Å². The molecule has 6 nitrogen and oxygen atoms in total. The molecule has 186 valence electrons. The summed E-state index contributed by atoms with van der Waals surface area (Å²) in [7, 11) is 2.43. The maximum Gasteiger partial charge on any atom is 0.253 e. The third kappa shape index (κ3) is 6.20. The molecule has 0 spiro atoms. The highest BCUT2D eigenvalue weighted by Crippen LogP contribution is 2.32. The van der Waals surface area contributed by atoms with Crippen LogP contribution in [0, 0.1) is 5.82 Å². The Morgan fingerprint density at radius 2 is 1.63 bits per heavy atom. The van der Waals surface area contributed by atoms with Crippen LogP contribution in [0.5, 0.6) is 0 Å². The summed E-state index contributed by atoms with van der Waals surface area (Å²) in [5.74, 6) is -0.946. The molecule has 3 aromatic carbocycles. The van der Waals surface area contributed by atoms with Gasteiger partial charge in [-0.25, -0.2) is 17.1 Å². The zero-order chi connectivity index (χ0) is 25.8. The van der Waals surface area contributed by atoms with Crippen LogP contribution in [0.1, 0.15) is 27.4 Å². The molecule has 3 rings (SSSR count). The highest BCUT2D eigenvalue weighted by atomic mass is 35.5. The van der Waals surface area contributed by atoms with Gasteiger partial charge in [-0.3, -0.25) is 4.79 Å². The highest BCUT2D eigenvalue weighted by Gasteiger charge is 2.26. The molecular weight excluding hydrogens is 489 g/mol. The topological polar surface area (TPSA) is 69.7 Å². The Labute approximate surface area is 211 Å². The summed E-state index contributed by atoms with van der Waals surface area (Å²) >= 11 is 6.29. The molecule has 0 bridgehead atoms. The molecule has 0 unspecified atom stereocenters. The summed E-state index contributed by atoms with van der Waals surface area (Å²) < 4.78 is 40.9. The van der Waals surface area contributed by atoms with Crippen LogP contribution < -0.4 is 10.2 Å². The van der Waals surface area contributed by atoms with Crippen LogP contribution in [0.25, 0.3) is 0 Å². The number of anilines is 1. The number of sulfonamides is 1. The van der Waals surface area contributed by atoms with Gasteiger partial charge in [0.05, 0.1) is 16.3 Å². The molecule has 0 aliphatic rings. The van der Waals surface area contributed by atoms with Crippen molar-refractivity contribution in [3.05, 3.63) is 94.3 Å². The van der Waals surface area contributed by atoms with Gasteiger partial charge in [-0.1, -0.05) is 60.1 Å². The van der Waals surface area contributed by atoms with Crippen molar-refractivity contribution in [2.75, 3.05) is 39.6 Å². The van der Waals surface area contributed by atoms with Crippen LogP contribution in [0.4, 0.5) is 10.1 Å². The Hall–Kier alpha value is -2.94. The number of hydrogen-bond acceptors (Lipinski definition) is 4. The zero-order valence-corrected chi connectivity index (χ0v) is 21.7. The predicted octanol–water partition coefficient (Wildman–Crippen LogP) is 4.55. The molecule has 1 atom stereocenters. The van der Waals surface area contributed by atoms with Gasteiger partial charge in [-0.2, -0.15) is 0 Å². The molecule has 1 N–H and O–H groups in total. The van der Waals surface area contributed by atoms with Gasteiger partial charge in [-0.15, -0.1) is 0 Å². The smallest absolute Gasteiger partial charge is 0.253 e. The fraction of sp³-hybridized carbons (Fsp3) is 0.269. The van der Waals surface area contributed by atoms with Crippen molar-refractivity contribution in [2.24, 2.45) is 0 Å². The molecular formula is C26H29ClFN3O3S. The fourth-order valence-corrected chi connectivity index (χ4v) is 5.18. The number of carbonyl (C=O) groups excluding carboxylic acids is 1. The summed E-state index contributed by atoms with van der Waals surface area (Å²) in [6, 6.07) is 18.9. The Kier molecular flexibility index (Phi) is 8.53. The third-order valence-corrected chi connectivity index (χ3v) is 8.02. The average molecular weight is 518 g/mol. The van der Waals surface area contributed by atoms with E-state index in [1.807, 2.05) is 30.3 Å².